The largest absolute Gasteiger partial charge is 0.494 e. The third kappa shape index (κ3) is 2.83. The molecule has 82 valence electrons. The first-order chi connectivity index (χ1) is 7.06. The average Bonchev–Trinajstić information content (AvgIpc) is 2.17. The third-order valence-electron chi connectivity index (χ3n) is 1.78. The number of carboxylic acid groups (broad SMARTS) is 1. The Bertz CT molecular complexity index is 379. The van der Waals surface area contributed by atoms with E-state index in [0.29, 0.717) is 12.4 Å². The van der Waals surface area contributed by atoms with E-state index in [1.807, 2.05) is 0 Å². The number of ether oxygens (including phenoxy) is 1. The van der Waals surface area contributed by atoms with Crippen LogP contribution >= 0.6 is 11.6 Å². The van der Waals surface area contributed by atoms with E-state index in [0.717, 1.165) is 6.07 Å². The van der Waals surface area contributed by atoms with Crippen molar-refractivity contribution in [3.05, 3.63) is 28.5 Å². The van der Waals surface area contributed by atoms with Gasteiger partial charge in [-0.3, -0.25) is 4.79 Å². The highest BCUT2D eigenvalue weighted by Gasteiger charge is 2.15. The summed E-state index contributed by atoms with van der Waals surface area (Å²) in [6, 6.07) is 2.53. The molecule has 0 saturated carbocycles. The summed E-state index contributed by atoms with van der Waals surface area (Å²) in [7, 11) is 0. The normalized spacial score (nSPS) is 10.1. The lowest BCUT2D eigenvalue weighted by Crippen LogP contribution is -2.05. The summed E-state index contributed by atoms with van der Waals surface area (Å²) in [5.74, 6) is -1.41. The van der Waals surface area contributed by atoms with Crippen molar-refractivity contribution in [2.24, 2.45) is 0 Å². The summed E-state index contributed by atoms with van der Waals surface area (Å²) in [5, 5.41) is 8.45. The van der Waals surface area contributed by atoms with Gasteiger partial charge in [-0.1, -0.05) is 11.6 Å². The molecule has 5 heteroatoms. The van der Waals surface area contributed by atoms with E-state index in [4.69, 9.17) is 21.4 Å². The topological polar surface area (TPSA) is 46.5 Å². The molecule has 0 spiro atoms. The Kier molecular flexibility index (Phi) is 3.91. The summed E-state index contributed by atoms with van der Waals surface area (Å²) >= 11 is 5.66. The zero-order valence-electron chi connectivity index (χ0n) is 8.09. The molecule has 0 atom stereocenters. The van der Waals surface area contributed by atoms with Gasteiger partial charge in [0.15, 0.2) is 0 Å². The maximum atomic E-state index is 13.1. The minimum absolute atomic E-state index is 0.172. The number of hydrogen-bond donors (Lipinski definition) is 1. The van der Waals surface area contributed by atoms with Crippen LogP contribution < -0.4 is 4.74 Å². The first kappa shape index (κ1) is 11.8. The van der Waals surface area contributed by atoms with E-state index >= 15 is 0 Å². The monoisotopic (exact) mass is 232 g/mol. The second-order valence-corrected chi connectivity index (χ2v) is 3.22. The van der Waals surface area contributed by atoms with Crippen molar-refractivity contribution in [3.8, 4) is 5.75 Å². The van der Waals surface area contributed by atoms with Gasteiger partial charge in [-0.2, -0.15) is 0 Å². The first-order valence-electron chi connectivity index (χ1n) is 4.37. The molecule has 0 saturated heterocycles. The number of carbonyl (C=O) groups is 1. The van der Waals surface area contributed by atoms with Crippen molar-refractivity contribution in [1.82, 2.24) is 0 Å². The van der Waals surface area contributed by atoms with Crippen LogP contribution in [0.4, 0.5) is 4.39 Å². The molecule has 0 aromatic heterocycles. The fourth-order valence-corrected chi connectivity index (χ4v) is 1.40. The Hall–Kier alpha value is -1.29. The highest BCUT2D eigenvalue weighted by molar-refractivity contribution is 6.31. The Morgan fingerprint density at radius 1 is 1.60 bits per heavy atom. The number of carboxylic acids is 1. The van der Waals surface area contributed by atoms with Crippen LogP contribution in [-0.4, -0.2) is 17.7 Å². The molecule has 1 aromatic carbocycles. The van der Waals surface area contributed by atoms with Crippen molar-refractivity contribution in [1.29, 1.82) is 0 Å². The highest BCUT2D eigenvalue weighted by atomic mass is 35.5. The second kappa shape index (κ2) is 4.98. The standard InChI is InChI=1S/C10H10ClFO3/c1-2-15-8-4-3-7(12)10(11)6(8)5-9(13)14/h3-4H,2,5H2,1H3,(H,13,14). The minimum Gasteiger partial charge on any atom is -0.494 e. The molecule has 0 aliphatic rings. The molecular formula is C10H10ClFO3. The van der Waals surface area contributed by atoms with E-state index in [1.165, 1.54) is 6.07 Å². The molecule has 0 aliphatic heterocycles. The quantitative estimate of drug-likeness (QED) is 0.868. The molecule has 0 bridgehead atoms. The van der Waals surface area contributed by atoms with Gasteiger partial charge in [0.1, 0.15) is 11.6 Å². The lowest BCUT2D eigenvalue weighted by atomic mass is 10.1. The van der Waals surface area contributed by atoms with Gasteiger partial charge in [-0.25, -0.2) is 4.39 Å². The van der Waals surface area contributed by atoms with Crippen molar-refractivity contribution >= 4 is 17.6 Å². The van der Waals surface area contributed by atoms with E-state index in [-0.39, 0.29) is 17.0 Å². The molecule has 0 fully saturated rings. The van der Waals surface area contributed by atoms with Crippen molar-refractivity contribution in [2.45, 2.75) is 13.3 Å². The van der Waals surface area contributed by atoms with Gasteiger partial charge >= 0.3 is 5.97 Å². The number of hydrogen-bond acceptors (Lipinski definition) is 2. The van der Waals surface area contributed by atoms with Gasteiger partial charge in [0.05, 0.1) is 18.1 Å². The Labute approximate surface area is 91.4 Å². The van der Waals surface area contributed by atoms with Crippen LogP contribution in [0.25, 0.3) is 0 Å². The second-order valence-electron chi connectivity index (χ2n) is 2.84. The van der Waals surface area contributed by atoms with E-state index < -0.39 is 11.8 Å². The lowest BCUT2D eigenvalue weighted by molar-refractivity contribution is -0.136. The van der Waals surface area contributed by atoms with Crippen LogP contribution in [0.3, 0.4) is 0 Å². The average molecular weight is 233 g/mol. The van der Waals surface area contributed by atoms with Crippen LogP contribution in [0.1, 0.15) is 12.5 Å². The van der Waals surface area contributed by atoms with Crippen LogP contribution in [0.2, 0.25) is 5.02 Å². The van der Waals surface area contributed by atoms with E-state index in [2.05, 4.69) is 0 Å². The molecule has 1 rings (SSSR count). The number of halogens is 2. The summed E-state index contributed by atoms with van der Waals surface area (Å²) in [5.41, 5.74) is 0.172. The van der Waals surface area contributed by atoms with Gasteiger partial charge in [0.2, 0.25) is 0 Å². The summed E-state index contributed by atoms with van der Waals surface area (Å²) in [6.07, 6.45) is -0.355. The molecule has 0 unspecified atom stereocenters. The molecule has 15 heavy (non-hydrogen) atoms. The molecular weight excluding hydrogens is 223 g/mol. The maximum absolute atomic E-state index is 13.1. The molecule has 0 radical (unpaired) electrons. The zero-order valence-corrected chi connectivity index (χ0v) is 8.84. The van der Waals surface area contributed by atoms with Gasteiger partial charge in [0, 0.05) is 5.56 Å². The number of benzene rings is 1. The van der Waals surface area contributed by atoms with Crippen LogP contribution in [-0.2, 0) is 11.2 Å². The van der Waals surface area contributed by atoms with Crippen molar-refractivity contribution in [2.75, 3.05) is 6.61 Å². The predicted octanol–water partition coefficient (Wildman–Crippen LogP) is 2.50. The van der Waals surface area contributed by atoms with Crippen LogP contribution in [0.15, 0.2) is 12.1 Å². The van der Waals surface area contributed by atoms with Gasteiger partial charge in [0.25, 0.3) is 0 Å². The summed E-state index contributed by atoms with van der Waals surface area (Å²) < 4.78 is 18.2. The van der Waals surface area contributed by atoms with Crippen molar-refractivity contribution < 1.29 is 19.0 Å². The highest BCUT2D eigenvalue weighted by Crippen LogP contribution is 2.29. The Balaban J connectivity index is 3.15. The molecule has 3 nitrogen and oxygen atoms in total. The molecule has 1 N–H and O–H groups in total. The van der Waals surface area contributed by atoms with Gasteiger partial charge in [-0.05, 0) is 19.1 Å². The van der Waals surface area contributed by atoms with Crippen LogP contribution in [0.5, 0.6) is 5.75 Å². The Morgan fingerprint density at radius 2 is 2.27 bits per heavy atom. The molecule has 0 amide bonds. The molecule has 1 aromatic rings. The van der Waals surface area contributed by atoms with Crippen LogP contribution in [0, 0.1) is 5.82 Å². The first-order valence-corrected chi connectivity index (χ1v) is 4.75. The summed E-state index contributed by atoms with van der Waals surface area (Å²) in [6.45, 7) is 2.12. The smallest absolute Gasteiger partial charge is 0.308 e. The van der Waals surface area contributed by atoms with Gasteiger partial charge in [-0.15, -0.1) is 0 Å². The van der Waals surface area contributed by atoms with Crippen molar-refractivity contribution in [3.63, 3.8) is 0 Å². The SMILES string of the molecule is CCOc1ccc(F)c(Cl)c1CC(=O)O. The molecule has 0 heterocycles. The number of rotatable bonds is 4. The maximum Gasteiger partial charge on any atom is 0.308 e. The fourth-order valence-electron chi connectivity index (χ4n) is 1.18. The minimum atomic E-state index is -1.08. The summed E-state index contributed by atoms with van der Waals surface area (Å²) in [4.78, 5) is 10.6. The Morgan fingerprint density at radius 3 is 2.80 bits per heavy atom. The third-order valence-corrected chi connectivity index (χ3v) is 2.19. The zero-order chi connectivity index (χ0) is 11.4. The van der Waals surface area contributed by atoms with Gasteiger partial charge < -0.3 is 9.84 Å². The predicted molar refractivity (Wildman–Crippen MR) is 53.9 cm³/mol. The fraction of sp³-hybridized carbons (Fsp3) is 0.300. The lowest BCUT2D eigenvalue weighted by Gasteiger charge is -2.10. The van der Waals surface area contributed by atoms with E-state index in [9.17, 15) is 9.18 Å². The number of aliphatic carboxylic acids is 1. The van der Waals surface area contributed by atoms with E-state index in [1.54, 1.807) is 6.92 Å². The molecule has 0 aliphatic carbocycles.